The van der Waals surface area contributed by atoms with Gasteiger partial charge in [-0.3, -0.25) is 0 Å². The van der Waals surface area contributed by atoms with Gasteiger partial charge in [0.2, 0.25) is 0 Å². The number of ether oxygens (including phenoxy) is 1. The van der Waals surface area contributed by atoms with Crippen LogP contribution in [-0.2, 0) is 13.5 Å². The van der Waals surface area contributed by atoms with Crippen LogP contribution >= 0.6 is 15.9 Å². The highest BCUT2D eigenvalue weighted by Crippen LogP contribution is 2.27. The maximum absolute atomic E-state index is 8.83. The lowest BCUT2D eigenvalue weighted by atomic mass is 10.2. The van der Waals surface area contributed by atoms with Crippen LogP contribution in [0.4, 0.5) is 0 Å². The molecule has 0 saturated heterocycles. The molecule has 4 nitrogen and oxygen atoms in total. The van der Waals surface area contributed by atoms with Crippen LogP contribution in [0.1, 0.15) is 12.6 Å². The number of hydrogen-bond acceptors (Lipinski definition) is 3. The van der Waals surface area contributed by atoms with Gasteiger partial charge < -0.3 is 9.30 Å². The molecule has 0 aliphatic heterocycles. The number of halogens is 1. The highest BCUT2D eigenvalue weighted by atomic mass is 79.9. The maximum Gasteiger partial charge on any atom is 0.141 e. The van der Waals surface area contributed by atoms with Crippen molar-refractivity contribution in [3.63, 3.8) is 0 Å². The number of nitriles is 1. The van der Waals surface area contributed by atoms with E-state index in [1.54, 1.807) is 0 Å². The van der Waals surface area contributed by atoms with Gasteiger partial charge in [0.1, 0.15) is 16.2 Å². The summed E-state index contributed by atoms with van der Waals surface area (Å²) in [6, 6.07) is 9.93. The van der Waals surface area contributed by atoms with E-state index in [9.17, 15) is 0 Å². The molecule has 19 heavy (non-hydrogen) atoms. The van der Waals surface area contributed by atoms with E-state index in [1.165, 1.54) is 0 Å². The minimum atomic E-state index is 0.329. The quantitative estimate of drug-likeness (QED) is 0.868. The van der Waals surface area contributed by atoms with Crippen molar-refractivity contribution in [2.24, 2.45) is 7.05 Å². The Labute approximate surface area is 120 Å². The van der Waals surface area contributed by atoms with Crippen LogP contribution in [-0.4, -0.2) is 16.2 Å². The zero-order chi connectivity index (χ0) is 13.8. The predicted octanol–water partition coefficient (Wildman–Crippen LogP) is 3.31. The molecule has 5 heteroatoms. The molecule has 0 aliphatic rings. The number of hydrogen-bond donors (Lipinski definition) is 0. The van der Waals surface area contributed by atoms with Crippen molar-refractivity contribution in [2.45, 2.75) is 13.3 Å². The van der Waals surface area contributed by atoms with Crippen LogP contribution in [0.3, 0.4) is 0 Å². The third kappa shape index (κ3) is 2.79. The highest BCUT2D eigenvalue weighted by molar-refractivity contribution is 9.10. The van der Waals surface area contributed by atoms with Crippen LogP contribution in [0.2, 0.25) is 0 Å². The fraction of sp³-hybridized carbons (Fsp3) is 0.286. The first-order valence-electron chi connectivity index (χ1n) is 5.98. The fourth-order valence-electron chi connectivity index (χ4n) is 1.91. The van der Waals surface area contributed by atoms with Gasteiger partial charge in [0.25, 0.3) is 0 Å². The largest absolute Gasteiger partial charge is 0.494 e. The Morgan fingerprint density at radius 3 is 2.95 bits per heavy atom. The monoisotopic (exact) mass is 319 g/mol. The molecule has 0 radical (unpaired) electrons. The Morgan fingerprint density at radius 2 is 2.26 bits per heavy atom. The average molecular weight is 320 g/mol. The molecule has 98 valence electrons. The van der Waals surface area contributed by atoms with Crippen LogP contribution < -0.4 is 4.74 Å². The van der Waals surface area contributed by atoms with Gasteiger partial charge >= 0.3 is 0 Å². The average Bonchev–Trinajstić information content (AvgIpc) is 2.68. The van der Waals surface area contributed by atoms with Gasteiger partial charge in [-0.15, -0.1) is 0 Å². The van der Waals surface area contributed by atoms with Crippen molar-refractivity contribution < 1.29 is 4.74 Å². The summed E-state index contributed by atoms with van der Waals surface area (Å²) >= 11 is 3.40. The molecule has 0 unspecified atom stereocenters. The third-order valence-corrected chi connectivity index (χ3v) is 3.45. The summed E-state index contributed by atoms with van der Waals surface area (Å²) in [6.45, 7) is 2.59. The Balaban J connectivity index is 2.45. The van der Waals surface area contributed by atoms with Crippen LogP contribution in [0, 0.1) is 11.3 Å². The predicted molar refractivity (Wildman–Crippen MR) is 76.8 cm³/mol. The molecule has 0 N–H and O–H groups in total. The van der Waals surface area contributed by atoms with Crippen molar-refractivity contribution in [1.82, 2.24) is 9.55 Å². The van der Waals surface area contributed by atoms with E-state index in [-0.39, 0.29) is 0 Å². The molecule has 1 aromatic carbocycles. The van der Waals surface area contributed by atoms with E-state index in [1.807, 2.05) is 42.8 Å². The van der Waals surface area contributed by atoms with Crippen molar-refractivity contribution in [2.75, 3.05) is 6.61 Å². The summed E-state index contributed by atoms with van der Waals surface area (Å²) in [5.41, 5.74) is 1.85. The maximum atomic E-state index is 8.83. The van der Waals surface area contributed by atoms with E-state index < -0.39 is 0 Å². The molecule has 0 saturated carbocycles. The Morgan fingerprint density at radius 1 is 1.47 bits per heavy atom. The number of imidazole rings is 1. The van der Waals surface area contributed by atoms with Gasteiger partial charge in [-0.2, -0.15) is 5.26 Å². The van der Waals surface area contributed by atoms with Gasteiger partial charge in [0.15, 0.2) is 0 Å². The number of aromatic nitrogens is 2. The Bertz CT molecular complexity index is 628. The smallest absolute Gasteiger partial charge is 0.141 e. The molecular weight excluding hydrogens is 306 g/mol. The third-order valence-electron chi connectivity index (χ3n) is 2.81. The Kier molecular flexibility index (Phi) is 4.23. The van der Waals surface area contributed by atoms with Crippen LogP contribution in [0.15, 0.2) is 28.9 Å². The topological polar surface area (TPSA) is 50.8 Å². The second-order valence-electron chi connectivity index (χ2n) is 4.03. The molecule has 0 fully saturated rings. The van der Waals surface area contributed by atoms with E-state index in [0.29, 0.717) is 17.6 Å². The number of rotatable bonds is 4. The highest BCUT2D eigenvalue weighted by Gasteiger charge is 2.14. The van der Waals surface area contributed by atoms with E-state index in [0.717, 1.165) is 22.8 Å². The number of benzene rings is 1. The van der Waals surface area contributed by atoms with E-state index >= 15 is 0 Å². The zero-order valence-electron chi connectivity index (χ0n) is 10.9. The zero-order valence-corrected chi connectivity index (χ0v) is 12.4. The van der Waals surface area contributed by atoms with Crippen LogP contribution in [0.25, 0.3) is 11.4 Å². The summed E-state index contributed by atoms with van der Waals surface area (Å²) < 4.78 is 8.14. The first-order chi connectivity index (χ1) is 9.17. The van der Waals surface area contributed by atoms with E-state index in [4.69, 9.17) is 10.00 Å². The molecule has 0 aliphatic carbocycles. The van der Waals surface area contributed by atoms with Crippen molar-refractivity contribution in [1.29, 1.82) is 5.26 Å². The molecule has 2 rings (SSSR count). The fourth-order valence-corrected chi connectivity index (χ4v) is 2.49. The van der Waals surface area contributed by atoms with Gasteiger partial charge in [0, 0.05) is 12.6 Å². The summed E-state index contributed by atoms with van der Waals surface area (Å²) in [6.07, 6.45) is 0.329. The summed E-state index contributed by atoms with van der Waals surface area (Å²) in [7, 11) is 1.91. The first kappa shape index (κ1) is 13.6. The van der Waals surface area contributed by atoms with Gasteiger partial charge in [-0.05, 0) is 35.0 Å². The molecule has 2 aromatic rings. The molecule has 0 spiro atoms. The SMILES string of the molecule is CCOc1cccc(-c2nc(Br)c(CC#N)n2C)c1. The Hall–Kier alpha value is -1.80. The summed E-state index contributed by atoms with van der Waals surface area (Å²) in [4.78, 5) is 4.47. The van der Waals surface area contributed by atoms with Crippen molar-refractivity contribution >= 4 is 15.9 Å². The van der Waals surface area contributed by atoms with Crippen molar-refractivity contribution in [3.8, 4) is 23.2 Å². The lowest BCUT2D eigenvalue weighted by Gasteiger charge is -2.07. The van der Waals surface area contributed by atoms with Crippen LogP contribution in [0.5, 0.6) is 5.75 Å². The molecule has 1 heterocycles. The lowest BCUT2D eigenvalue weighted by molar-refractivity contribution is 0.340. The van der Waals surface area contributed by atoms with E-state index in [2.05, 4.69) is 27.0 Å². The standard InChI is InChI=1S/C14H14BrN3O/c1-3-19-11-6-4-5-10(9-11)14-17-13(15)12(7-8-16)18(14)2/h4-6,9H,3,7H2,1-2H3. The summed E-state index contributed by atoms with van der Waals surface area (Å²) in [5.74, 6) is 1.64. The first-order valence-corrected chi connectivity index (χ1v) is 6.78. The summed E-state index contributed by atoms with van der Waals surface area (Å²) in [5, 5.41) is 8.83. The number of nitrogens with zero attached hydrogens (tertiary/aromatic N) is 3. The molecule has 1 aromatic heterocycles. The second-order valence-corrected chi connectivity index (χ2v) is 4.78. The molecule has 0 atom stereocenters. The molecule has 0 amide bonds. The molecule has 0 bridgehead atoms. The minimum Gasteiger partial charge on any atom is -0.494 e. The minimum absolute atomic E-state index is 0.329. The van der Waals surface area contributed by atoms with Gasteiger partial charge in [0.05, 0.1) is 24.8 Å². The van der Waals surface area contributed by atoms with Gasteiger partial charge in [-0.1, -0.05) is 12.1 Å². The van der Waals surface area contributed by atoms with Gasteiger partial charge in [-0.25, -0.2) is 4.98 Å². The lowest BCUT2D eigenvalue weighted by Crippen LogP contribution is -1.98. The second kappa shape index (κ2) is 5.89. The van der Waals surface area contributed by atoms with Crippen molar-refractivity contribution in [3.05, 3.63) is 34.6 Å². The molecular formula is C14H14BrN3O. The normalized spacial score (nSPS) is 10.2.